The Balaban J connectivity index is 1.88. The third-order valence-corrected chi connectivity index (χ3v) is 6.92. The molecule has 3 aromatic carbocycles. The summed E-state index contributed by atoms with van der Waals surface area (Å²) in [5.74, 6) is 0.821. The van der Waals surface area contributed by atoms with Gasteiger partial charge in [0.05, 0.1) is 25.4 Å². The zero-order chi connectivity index (χ0) is 28.8. The van der Waals surface area contributed by atoms with E-state index >= 15 is 0 Å². The number of carbonyl (C=O) groups is 2. The Kier molecular flexibility index (Phi) is 9.04. The molecule has 0 spiro atoms. The molecule has 9 nitrogen and oxygen atoms in total. The molecule has 4 aromatic rings. The van der Waals surface area contributed by atoms with Crippen LogP contribution in [0.2, 0.25) is 0 Å². The lowest BCUT2D eigenvalue weighted by molar-refractivity contribution is -0.127. The molecule has 0 saturated heterocycles. The Morgan fingerprint density at radius 3 is 2.38 bits per heavy atom. The van der Waals surface area contributed by atoms with Crippen LogP contribution >= 0.6 is 0 Å². The van der Waals surface area contributed by atoms with Crippen LogP contribution in [0.5, 0.6) is 11.5 Å². The van der Waals surface area contributed by atoms with E-state index in [9.17, 15) is 9.59 Å². The zero-order valence-electron chi connectivity index (χ0n) is 24.0. The second-order valence-corrected chi connectivity index (χ2v) is 10.2. The van der Waals surface area contributed by atoms with E-state index < -0.39 is 6.04 Å². The third kappa shape index (κ3) is 6.09. The predicted octanol–water partition coefficient (Wildman–Crippen LogP) is 5.00. The monoisotopic (exact) mass is 543 g/mol. The fourth-order valence-corrected chi connectivity index (χ4v) is 4.84. The van der Waals surface area contributed by atoms with Crippen molar-refractivity contribution in [3.05, 3.63) is 77.4 Å². The summed E-state index contributed by atoms with van der Waals surface area (Å²) >= 11 is 0. The number of hydrogen-bond acceptors (Lipinski definition) is 6. The minimum absolute atomic E-state index is 0.109. The summed E-state index contributed by atoms with van der Waals surface area (Å²) in [6.07, 6.45) is 0.806. The van der Waals surface area contributed by atoms with Gasteiger partial charge >= 0.3 is 0 Å². The van der Waals surface area contributed by atoms with Gasteiger partial charge in [-0.2, -0.15) is 0 Å². The summed E-state index contributed by atoms with van der Waals surface area (Å²) in [6.45, 7) is 8.45. The number of nitrogens with one attached hydrogen (secondary N) is 1. The number of methoxy groups -OCH3 is 2. The lowest BCUT2D eigenvalue weighted by atomic mass is 9.98. The van der Waals surface area contributed by atoms with Crippen molar-refractivity contribution in [1.82, 2.24) is 20.3 Å². The lowest BCUT2D eigenvalue weighted by Crippen LogP contribution is -2.46. The predicted molar refractivity (Wildman–Crippen MR) is 156 cm³/mol. The molecule has 9 heteroatoms. The second-order valence-electron chi connectivity index (χ2n) is 10.2. The first-order valence-electron chi connectivity index (χ1n) is 13.4. The first-order chi connectivity index (χ1) is 19.2. The van der Waals surface area contributed by atoms with Gasteiger partial charge in [0.25, 0.3) is 0 Å². The molecule has 0 saturated carbocycles. The van der Waals surface area contributed by atoms with Gasteiger partial charge in [0.2, 0.25) is 11.8 Å². The fraction of sp³-hybridized carbons (Fsp3) is 0.355. The first-order valence-corrected chi connectivity index (χ1v) is 13.4. The summed E-state index contributed by atoms with van der Waals surface area (Å²) < 4.78 is 12.7. The Morgan fingerprint density at radius 1 is 0.975 bits per heavy atom. The van der Waals surface area contributed by atoms with Gasteiger partial charge in [-0.05, 0) is 61.6 Å². The molecule has 0 aliphatic rings. The molecule has 1 N–H and O–H groups in total. The third-order valence-electron chi connectivity index (χ3n) is 6.92. The Hall–Kier alpha value is -4.40. The van der Waals surface area contributed by atoms with Crippen molar-refractivity contribution in [2.75, 3.05) is 25.7 Å². The van der Waals surface area contributed by atoms with Gasteiger partial charge in [-0.1, -0.05) is 49.4 Å². The number of fused-ring (bicyclic) bond motifs is 1. The van der Waals surface area contributed by atoms with Crippen molar-refractivity contribution in [3.8, 4) is 11.5 Å². The van der Waals surface area contributed by atoms with Crippen LogP contribution in [-0.2, 0) is 16.1 Å². The van der Waals surface area contributed by atoms with Crippen LogP contribution in [0.3, 0.4) is 0 Å². The van der Waals surface area contributed by atoms with E-state index in [1.807, 2.05) is 56.3 Å². The molecule has 0 radical (unpaired) electrons. The van der Waals surface area contributed by atoms with Gasteiger partial charge in [0, 0.05) is 18.2 Å². The second kappa shape index (κ2) is 12.6. The van der Waals surface area contributed by atoms with Crippen LogP contribution in [0.1, 0.15) is 43.0 Å². The average Bonchev–Trinajstić information content (AvgIpc) is 3.34. The van der Waals surface area contributed by atoms with Crippen LogP contribution < -0.4 is 19.7 Å². The SMILES string of the molecule is COc1ccc([C@H](C(=O)NCCC(C)C)N(C(=O)Cn2nnc3ccccc32)c2c(C)cccc2C)c(OC)c1. The smallest absolute Gasteiger partial charge is 0.249 e. The highest BCUT2D eigenvalue weighted by atomic mass is 16.5. The molecule has 1 atom stereocenters. The minimum Gasteiger partial charge on any atom is -0.497 e. The van der Waals surface area contributed by atoms with E-state index in [2.05, 4.69) is 29.5 Å². The van der Waals surface area contributed by atoms with E-state index in [0.29, 0.717) is 40.7 Å². The van der Waals surface area contributed by atoms with Gasteiger partial charge in [-0.15, -0.1) is 5.10 Å². The molecule has 0 fully saturated rings. The highest BCUT2D eigenvalue weighted by Gasteiger charge is 2.36. The number of rotatable bonds is 11. The van der Waals surface area contributed by atoms with Gasteiger partial charge < -0.3 is 14.8 Å². The van der Waals surface area contributed by atoms with Gasteiger partial charge in [-0.25, -0.2) is 4.68 Å². The number of benzene rings is 3. The molecule has 0 bridgehead atoms. The quantitative estimate of drug-likeness (QED) is 0.286. The van der Waals surface area contributed by atoms with Gasteiger partial charge in [-0.3, -0.25) is 14.5 Å². The molecule has 4 rings (SSSR count). The van der Waals surface area contributed by atoms with Crippen LogP contribution in [-0.4, -0.2) is 47.6 Å². The van der Waals surface area contributed by atoms with E-state index in [1.165, 1.54) is 0 Å². The largest absolute Gasteiger partial charge is 0.497 e. The summed E-state index contributed by atoms with van der Waals surface area (Å²) in [6, 6.07) is 17.5. The van der Waals surface area contributed by atoms with E-state index in [-0.39, 0.29) is 18.4 Å². The minimum atomic E-state index is -1.02. The van der Waals surface area contributed by atoms with Crippen molar-refractivity contribution in [2.45, 2.75) is 46.7 Å². The van der Waals surface area contributed by atoms with Crippen LogP contribution in [0.25, 0.3) is 11.0 Å². The molecule has 0 aliphatic carbocycles. The molecule has 210 valence electrons. The first kappa shape index (κ1) is 28.6. The topological polar surface area (TPSA) is 98.6 Å². The van der Waals surface area contributed by atoms with E-state index in [4.69, 9.17) is 9.47 Å². The number of ether oxygens (including phenoxy) is 2. The Morgan fingerprint density at radius 2 is 1.70 bits per heavy atom. The average molecular weight is 544 g/mol. The maximum Gasteiger partial charge on any atom is 0.249 e. The molecule has 2 amide bonds. The fourth-order valence-electron chi connectivity index (χ4n) is 4.84. The normalized spacial score (nSPS) is 11.9. The molecular weight excluding hydrogens is 506 g/mol. The Bertz CT molecular complexity index is 1480. The molecule has 40 heavy (non-hydrogen) atoms. The lowest BCUT2D eigenvalue weighted by Gasteiger charge is -2.34. The molecule has 1 aromatic heterocycles. The molecule has 0 unspecified atom stereocenters. The number of carbonyl (C=O) groups excluding carboxylic acids is 2. The van der Waals surface area contributed by atoms with Crippen LogP contribution in [0, 0.1) is 19.8 Å². The van der Waals surface area contributed by atoms with Crippen molar-refractivity contribution in [3.63, 3.8) is 0 Å². The molecule has 1 heterocycles. The molecular formula is C31H37N5O4. The van der Waals surface area contributed by atoms with Crippen LogP contribution in [0.15, 0.2) is 60.7 Å². The van der Waals surface area contributed by atoms with Crippen molar-refractivity contribution in [1.29, 1.82) is 0 Å². The number of para-hydroxylation sites is 2. The molecule has 0 aliphatic heterocycles. The van der Waals surface area contributed by atoms with Gasteiger partial charge in [0.15, 0.2) is 0 Å². The number of aryl methyl sites for hydroxylation is 2. The van der Waals surface area contributed by atoms with Crippen LogP contribution in [0.4, 0.5) is 5.69 Å². The number of amides is 2. The summed E-state index contributed by atoms with van der Waals surface area (Å²) in [4.78, 5) is 30.0. The highest BCUT2D eigenvalue weighted by Crippen LogP contribution is 2.38. The maximum atomic E-state index is 14.4. The van der Waals surface area contributed by atoms with Crippen molar-refractivity contribution in [2.24, 2.45) is 5.92 Å². The standard InChI is InChI=1S/C31H37N5O4/c1-20(2)16-17-32-31(38)30(24-15-14-23(39-5)18-27(24)40-6)36(29-21(3)10-9-11-22(29)4)28(37)19-35-26-13-8-7-12-25(26)33-34-35/h7-15,18,20,30H,16-17,19H2,1-6H3,(H,32,38)/t30-/m1/s1. The number of hydrogen-bond donors (Lipinski definition) is 1. The zero-order valence-corrected chi connectivity index (χ0v) is 24.0. The van der Waals surface area contributed by atoms with Gasteiger partial charge in [0.1, 0.15) is 29.6 Å². The summed E-state index contributed by atoms with van der Waals surface area (Å²) in [5.41, 5.74) is 4.36. The summed E-state index contributed by atoms with van der Waals surface area (Å²) in [5, 5.41) is 11.5. The van der Waals surface area contributed by atoms with E-state index in [1.54, 1.807) is 42.0 Å². The maximum absolute atomic E-state index is 14.4. The van der Waals surface area contributed by atoms with Crippen molar-refractivity contribution >= 4 is 28.5 Å². The number of aromatic nitrogens is 3. The summed E-state index contributed by atoms with van der Waals surface area (Å²) in [7, 11) is 3.11. The van der Waals surface area contributed by atoms with E-state index in [0.717, 1.165) is 23.1 Å². The highest BCUT2D eigenvalue weighted by molar-refractivity contribution is 6.03. The number of anilines is 1. The number of nitrogens with zero attached hydrogens (tertiary/aromatic N) is 4. The van der Waals surface area contributed by atoms with Crippen molar-refractivity contribution < 1.29 is 19.1 Å². The Labute approximate surface area is 235 Å².